The Hall–Kier alpha value is -2.81. The summed E-state index contributed by atoms with van der Waals surface area (Å²) in [6.45, 7) is 3.99. The van der Waals surface area contributed by atoms with E-state index in [9.17, 15) is 9.18 Å². The zero-order valence-corrected chi connectivity index (χ0v) is 15.7. The average molecular weight is 389 g/mol. The summed E-state index contributed by atoms with van der Waals surface area (Å²) in [6, 6.07) is 9.38. The third-order valence-corrected chi connectivity index (χ3v) is 4.89. The fourth-order valence-electron chi connectivity index (χ4n) is 2.60. The third-order valence-electron chi connectivity index (χ3n) is 3.95. The van der Waals surface area contributed by atoms with Gasteiger partial charge in [0.1, 0.15) is 5.82 Å². The van der Waals surface area contributed by atoms with E-state index in [-0.39, 0.29) is 29.4 Å². The van der Waals surface area contributed by atoms with Crippen LogP contribution in [0.2, 0.25) is 0 Å². The minimum atomic E-state index is -0.308. The molecule has 1 amide bonds. The highest BCUT2D eigenvalue weighted by atomic mass is 32.2. The van der Waals surface area contributed by atoms with Crippen molar-refractivity contribution in [3.8, 4) is 11.6 Å². The molecular weight excluding hydrogens is 369 g/mol. The fraction of sp³-hybridized carbons (Fsp3) is 0.278. The molecule has 142 valence electrons. The van der Waals surface area contributed by atoms with Crippen LogP contribution in [0.25, 0.3) is 11.6 Å². The number of nitrogens with two attached hydrogens (primary N) is 1. The van der Waals surface area contributed by atoms with Crippen LogP contribution in [-0.2, 0) is 4.79 Å². The molecular formula is C18H20FN5O2S. The summed E-state index contributed by atoms with van der Waals surface area (Å²) in [5.41, 5.74) is 0.854. The van der Waals surface area contributed by atoms with Gasteiger partial charge in [0.05, 0.1) is 18.1 Å². The van der Waals surface area contributed by atoms with Gasteiger partial charge in [0.25, 0.3) is 0 Å². The Labute approximate surface area is 160 Å². The number of nitrogen functional groups attached to an aromatic ring is 1. The van der Waals surface area contributed by atoms with E-state index in [2.05, 4.69) is 15.5 Å². The SMILES string of the molecule is CC(C)C(NC(=O)CSc1nnc(-c2ccco2)n1N)c1ccc(F)cc1. The van der Waals surface area contributed by atoms with Crippen molar-refractivity contribution < 1.29 is 13.6 Å². The Kier molecular flexibility index (Phi) is 5.80. The first-order valence-electron chi connectivity index (χ1n) is 8.37. The molecule has 1 aromatic carbocycles. The van der Waals surface area contributed by atoms with Crippen molar-refractivity contribution in [1.29, 1.82) is 0 Å². The van der Waals surface area contributed by atoms with Crippen LogP contribution in [-0.4, -0.2) is 26.5 Å². The first-order valence-corrected chi connectivity index (χ1v) is 9.36. The van der Waals surface area contributed by atoms with E-state index in [1.165, 1.54) is 34.8 Å². The van der Waals surface area contributed by atoms with Crippen molar-refractivity contribution in [3.63, 3.8) is 0 Å². The maximum Gasteiger partial charge on any atom is 0.230 e. The molecule has 0 aliphatic rings. The Morgan fingerprint density at radius 2 is 2.04 bits per heavy atom. The number of nitrogens with one attached hydrogen (secondary N) is 1. The molecule has 3 N–H and O–H groups in total. The van der Waals surface area contributed by atoms with Crippen LogP contribution in [0.4, 0.5) is 4.39 Å². The van der Waals surface area contributed by atoms with Crippen LogP contribution in [0.1, 0.15) is 25.5 Å². The summed E-state index contributed by atoms with van der Waals surface area (Å²) >= 11 is 1.18. The number of rotatable bonds is 7. The monoisotopic (exact) mass is 389 g/mol. The van der Waals surface area contributed by atoms with Gasteiger partial charge in [-0.3, -0.25) is 4.79 Å². The van der Waals surface area contributed by atoms with Gasteiger partial charge in [0, 0.05) is 0 Å². The molecule has 0 spiro atoms. The van der Waals surface area contributed by atoms with E-state index in [0.717, 1.165) is 5.56 Å². The van der Waals surface area contributed by atoms with Gasteiger partial charge in [-0.05, 0) is 35.7 Å². The van der Waals surface area contributed by atoms with Crippen molar-refractivity contribution in [1.82, 2.24) is 20.2 Å². The predicted octanol–water partition coefficient (Wildman–Crippen LogP) is 3.00. The second-order valence-corrected chi connectivity index (χ2v) is 7.23. The number of benzene rings is 1. The molecule has 7 nitrogen and oxygen atoms in total. The van der Waals surface area contributed by atoms with Crippen LogP contribution >= 0.6 is 11.8 Å². The summed E-state index contributed by atoms with van der Waals surface area (Å²) < 4.78 is 19.7. The van der Waals surface area contributed by atoms with Gasteiger partial charge in [-0.15, -0.1) is 10.2 Å². The van der Waals surface area contributed by atoms with E-state index >= 15 is 0 Å². The highest BCUT2D eigenvalue weighted by molar-refractivity contribution is 7.99. The summed E-state index contributed by atoms with van der Waals surface area (Å²) in [5.74, 6) is 6.65. The molecule has 0 saturated carbocycles. The molecule has 9 heteroatoms. The Balaban J connectivity index is 1.62. The quantitative estimate of drug-likeness (QED) is 0.476. The number of nitrogens with zero attached hydrogens (tertiary/aromatic N) is 3. The lowest BCUT2D eigenvalue weighted by atomic mass is 9.96. The molecule has 3 rings (SSSR count). The highest BCUT2D eigenvalue weighted by Crippen LogP contribution is 2.24. The van der Waals surface area contributed by atoms with E-state index in [0.29, 0.717) is 16.7 Å². The number of furan rings is 1. The van der Waals surface area contributed by atoms with Crippen LogP contribution in [0.5, 0.6) is 0 Å². The second-order valence-electron chi connectivity index (χ2n) is 6.28. The van der Waals surface area contributed by atoms with Crippen LogP contribution in [0, 0.1) is 11.7 Å². The van der Waals surface area contributed by atoms with Crippen molar-refractivity contribution >= 4 is 17.7 Å². The number of thioether (sulfide) groups is 1. The predicted molar refractivity (Wildman–Crippen MR) is 101 cm³/mol. The molecule has 27 heavy (non-hydrogen) atoms. The third kappa shape index (κ3) is 4.48. The van der Waals surface area contributed by atoms with Crippen molar-refractivity contribution in [2.75, 3.05) is 11.6 Å². The molecule has 0 aliphatic heterocycles. The second kappa shape index (κ2) is 8.26. The Morgan fingerprint density at radius 3 is 2.67 bits per heavy atom. The van der Waals surface area contributed by atoms with Gasteiger partial charge in [-0.1, -0.05) is 37.7 Å². The summed E-state index contributed by atoms with van der Waals surface area (Å²) in [6.07, 6.45) is 1.52. The molecule has 1 atom stereocenters. The van der Waals surface area contributed by atoms with E-state index in [1.54, 1.807) is 24.3 Å². The van der Waals surface area contributed by atoms with E-state index < -0.39 is 0 Å². The van der Waals surface area contributed by atoms with Gasteiger partial charge in [0.15, 0.2) is 5.76 Å². The lowest BCUT2D eigenvalue weighted by Crippen LogP contribution is -2.33. The van der Waals surface area contributed by atoms with Crippen molar-refractivity contribution in [2.45, 2.75) is 25.0 Å². The lowest BCUT2D eigenvalue weighted by Gasteiger charge is -2.22. The number of carbonyl (C=O) groups is 1. The molecule has 0 saturated heterocycles. The summed E-state index contributed by atoms with van der Waals surface area (Å²) in [7, 11) is 0. The fourth-order valence-corrected chi connectivity index (χ4v) is 3.27. The number of hydrogen-bond acceptors (Lipinski definition) is 6. The van der Waals surface area contributed by atoms with Crippen molar-refractivity contribution in [2.24, 2.45) is 5.92 Å². The number of carbonyl (C=O) groups excluding carboxylic acids is 1. The molecule has 3 aromatic rings. The largest absolute Gasteiger partial charge is 0.461 e. The molecule has 0 radical (unpaired) electrons. The van der Waals surface area contributed by atoms with Crippen LogP contribution in [0.15, 0.2) is 52.2 Å². The summed E-state index contributed by atoms with van der Waals surface area (Å²) in [4.78, 5) is 12.4. The van der Waals surface area contributed by atoms with E-state index in [4.69, 9.17) is 10.3 Å². The van der Waals surface area contributed by atoms with Gasteiger partial charge in [-0.2, -0.15) is 0 Å². The van der Waals surface area contributed by atoms with Crippen LogP contribution in [0.3, 0.4) is 0 Å². The molecule has 0 aliphatic carbocycles. The van der Waals surface area contributed by atoms with Gasteiger partial charge in [-0.25, -0.2) is 9.07 Å². The standard InChI is InChI=1S/C18H20FN5O2S/c1-11(2)16(12-5-7-13(19)8-6-12)21-15(25)10-27-18-23-22-17(24(18)20)14-4-3-9-26-14/h3-9,11,16H,10,20H2,1-2H3,(H,21,25). The zero-order chi connectivity index (χ0) is 19.4. The average Bonchev–Trinajstić information content (AvgIpc) is 3.28. The van der Waals surface area contributed by atoms with Crippen LogP contribution < -0.4 is 11.2 Å². The minimum absolute atomic E-state index is 0.123. The molecule has 1 unspecified atom stereocenters. The minimum Gasteiger partial charge on any atom is -0.461 e. The maximum atomic E-state index is 13.1. The number of halogens is 1. The molecule has 2 aromatic heterocycles. The Morgan fingerprint density at radius 1 is 1.30 bits per heavy atom. The van der Waals surface area contributed by atoms with E-state index in [1.807, 2.05) is 13.8 Å². The number of aromatic nitrogens is 3. The number of amides is 1. The Bertz CT molecular complexity index is 893. The normalized spacial score (nSPS) is 12.3. The maximum absolute atomic E-state index is 13.1. The first kappa shape index (κ1) is 19.0. The van der Waals surface area contributed by atoms with Crippen molar-refractivity contribution in [3.05, 3.63) is 54.0 Å². The lowest BCUT2D eigenvalue weighted by molar-refractivity contribution is -0.119. The molecule has 0 fully saturated rings. The molecule has 2 heterocycles. The zero-order valence-electron chi connectivity index (χ0n) is 14.9. The molecule has 0 bridgehead atoms. The van der Waals surface area contributed by atoms with Gasteiger partial charge >= 0.3 is 0 Å². The van der Waals surface area contributed by atoms with Gasteiger partial charge in [0.2, 0.25) is 16.9 Å². The smallest absolute Gasteiger partial charge is 0.230 e. The topological polar surface area (TPSA) is 99.0 Å². The van der Waals surface area contributed by atoms with Gasteiger partial charge < -0.3 is 15.6 Å². The highest BCUT2D eigenvalue weighted by Gasteiger charge is 2.20. The first-order chi connectivity index (χ1) is 13.0. The number of hydrogen-bond donors (Lipinski definition) is 2. The summed E-state index contributed by atoms with van der Waals surface area (Å²) in [5, 5.41) is 11.4.